The van der Waals surface area contributed by atoms with Crippen molar-refractivity contribution >= 4 is 17.3 Å². The molecule has 5 nitrogen and oxygen atoms in total. The molecule has 1 aliphatic rings. The molecule has 136 valence electrons. The van der Waals surface area contributed by atoms with E-state index in [1.807, 2.05) is 42.1 Å². The van der Waals surface area contributed by atoms with Gasteiger partial charge in [0.1, 0.15) is 11.6 Å². The molecule has 0 amide bonds. The van der Waals surface area contributed by atoms with Crippen LogP contribution < -0.4 is 10.6 Å². The van der Waals surface area contributed by atoms with Gasteiger partial charge >= 0.3 is 0 Å². The molecule has 0 spiro atoms. The average Bonchev–Trinajstić information content (AvgIpc) is 3.19. The second-order valence-corrected chi connectivity index (χ2v) is 6.87. The molecular formula is C23H19N5. The number of hydrogen-bond acceptors (Lipinski definition) is 4. The maximum atomic E-state index is 5.73. The second kappa shape index (κ2) is 6.09. The first-order valence-electron chi connectivity index (χ1n) is 9.06. The van der Waals surface area contributed by atoms with E-state index in [-0.39, 0.29) is 0 Å². The van der Waals surface area contributed by atoms with Crippen molar-refractivity contribution in [3.05, 3.63) is 85.1 Å². The van der Waals surface area contributed by atoms with E-state index in [1.54, 1.807) is 6.20 Å². The van der Waals surface area contributed by atoms with Gasteiger partial charge in [-0.15, -0.1) is 0 Å². The number of anilines is 2. The summed E-state index contributed by atoms with van der Waals surface area (Å²) in [6.07, 6.45) is 1.79. The van der Waals surface area contributed by atoms with E-state index in [9.17, 15) is 0 Å². The predicted octanol–water partition coefficient (Wildman–Crippen LogP) is 4.60. The third-order valence-corrected chi connectivity index (χ3v) is 5.17. The van der Waals surface area contributed by atoms with Gasteiger partial charge in [-0.1, -0.05) is 49.0 Å². The monoisotopic (exact) mass is 365 g/mol. The average molecular weight is 365 g/mol. The van der Waals surface area contributed by atoms with Gasteiger partial charge in [-0.3, -0.25) is 0 Å². The van der Waals surface area contributed by atoms with Crippen LogP contribution in [0.2, 0.25) is 0 Å². The molecular weight excluding hydrogens is 346 g/mol. The van der Waals surface area contributed by atoms with Crippen LogP contribution in [0.4, 0.5) is 11.6 Å². The molecule has 0 unspecified atom stereocenters. The lowest BCUT2D eigenvalue weighted by Crippen LogP contribution is -2.24. The van der Waals surface area contributed by atoms with Crippen LogP contribution >= 0.6 is 0 Å². The fourth-order valence-electron chi connectivity index (χ4n) is 3.56. The Balaban J connectivity index is 1.68. The van der Waals surface area contributed by atoms with E-state index in [0.29, 0.717) is 5.82 Å². The lowest BCUT2D eigenvalue weighted by molar-refractivity contribution is 0.850. The Bertz CT molecular complexity index is 1190. The number of nitrogen functional groups attached to an aromatic ring is 1. The number of aromatic nitrogens is 3. The number of benzene rings is 2. The van der Waals surface area contributed by atoms with Crippen LogP contribution in [0, 0.1) is 0 Å². The molecule has 3 heterocycles. The van der Waals surface area contributed by atoms with Crippen LogP contribution in [0.3, 0.4) is 0 Å². The topological polar surface area (TPSA) is 60.0 Å². The maximum absolute atomic E-state index is 5.73. The van der Waals surface area contributed by atoms with Crippen LogP contribution in [0.5, 0.6) is 0 Å². The minimum atomic E-state index is 0.513. The minimum absolute atomic E-state index is 0.513. The fourth-order valence-corrected chi connectivity index (χ4v) is 3.56. The van der Waals surface area contributed by atoms with Crippen LogP contribution in [0.1, 0.15) is 5.56 Å². The first-order valence-corrected chi connectivity index (χ1v) is 9.06. The van der Waals surface area contributed by atoms with Crippen molar-refractivity contribution in [2.24, 2.45) is 0 Å². The smallest absolute Gasteiger partial charge is 0.137 e. The first kappa shape index (κ1) is 16.3. The van der Waals surface area contributed by atoms with Gasteiger partial charge in [-0.05, 0) is 23.8 Å². The SMILES string of the molecule is C=C1c2ccc(-c3ccc(N)nc3)cc2-n2nc(-c3ccccc3)cc2N1C. The highest BCUT2D eigenvalue weighted by molar-refractivity contribution is 5.87. The summed E-state index contributed by atoms with van der Waals surface area (Å²) in [5, 5.41) is 4.89. The standard InChI is InChI=1S/C23H19N5/c1-15-19-10-8-17(18-9-11-22(24)25-14-18)12-21(19)28-23(27(15)2)13-20(26-28)16-6-4-3-5-7-16/h3-14H,1H2,2H3,(H2,24,25). The molecule has 2 N–H and O–H groups in total. The Kier molecular flexibility index (Phi) is 3.55. The van der Waals surface area contributed by atoms with Crippen molar-refractivity contribution in [3.8, 4) is 28.1 Å². The molecule has 0 saturated heterocycles. The van der Waals surface area contributed by atoms with E-state index in [4.69, 9.17) is 10.8 Å². The van der Waals surface area contributed by atoms with Crippen LogP contribution in [0.25, 0.3) is 33.8 Å². The minimum Gasteiger partial charge on any atom is -0.384 e. The zero-order valence-electron chi connectivity index (χ0n) is 15.5. The third kappa shape index (κ3) is 2.48. The quantitative estimate of drug-likeness (QED) is 0.564. The van der Waals surface area contributed by atoms with Crippen molar-refractivity contribution in [2.45, 2.75) is 0 Å². The highest BCUT2D eigenvalue weighted by atomic mass is 15.4. The largest absolute Gasteiger partial charge is 0.384 e. The molecule has 0 saturated carbocycles. The number of rotatable bonds is 2. The summed E-state index contributed by atoms with van der Waals surface area (Å²) in [5.74, 6) is 1.50. The first-order chi connectivity index (χ1) is 13.6. The lowest BCUT2D eigenvalue weighted by Gasteiger charge is -2.29. The van der Waals surface area contributed by atoms with Crippen LogP contribution in [0.15, 0.2) is 79.5 Å². The van der Waals surface area contributed by atoms with Gasteiger partial charge in [0.25, 0.3) is 0 Å². The Morgan fingerprint density at radius 3 is 2.43 bits per heavy atom. The zero-order chi connectivity index (χ0) is 19.3. The van der Waals surface area contributed by atoms with Crippen LogP contribution in [-0.4, -0.2) is 21.8 Å². The molecule has 2 aromatic heterocycles. The van der Waals surface area contributed by atoms with E-state index in [0.717, 1.165) is 45.2 Å². The second-order valence-electron chi connectivity index (χ2n) is 6.87. The molecule has 0 bridgehead atoms. The van der Waals surface area contributed by atoms with Crippen molar-refractivity contribution in [1.82, 2.24) is 14.8 Å². The molecule has 2 aromatic carbocycles. The summed E-state index contributed by atoms with van der Waals surface area (Å²) in [6, 6.07) is 22.4. The summed E-state index contributed by atoms with van der Waals surface area (Å²) in [4.78, 5) is 6.29. The van der Waals surface area contributed by atoms with Crippen molar-refractivity contribution in [1.29, 1.82) is 0 Å². The molecule has 0 radical (unpaired) electrons. The predicted molar refractivity (Wildman–Crippen MR) is 114 cm³/mol. The van der Waals surface area contributed by atoms with Crippen molar-refractivity contribution in [3.63, 3.8) is 0 Å². The molecule has 1 aliphatic heterocycles. The normalized spacial score (nSPS) is 12.6. The summed E-state index contributed by atoms with van der Waals surface area (Å²) >= 11 is 0. The number of pyridine rings is 1. The number of hydrogen-bond donors (Lipinski definition) is 1. The summed E-state index contributed by atoms with van der Waals surface area (Å²) in [7, 11) is 2.02. The van der Waals surface area contributed by atoms with Gasteiger partial charge in [0.15, 0.2) is 0 Å². The molecule has 5 rings (SSSR count). The Labute approximate surface area is 163 Å². The Hall–Kier alpha value is -3.86. The van der Waals surface area contributed by atoms with Gasteiger partial charge in [-0.2, -0.15) is 5.10 Å². The maximum Gasteiger partial charge on any atom is 0.137 e. The molecule has 0 atom stereocenters. The molecule has 4 aromatic rings. The Morgan fingerprint density at radius 1 is 0.893 bits per heavy atom. The lowest BCUT2D eigenvalue weighted by atomic mass is 10.0. The Morgan fingerprint density at radius 2 is 1.68 bits per heavy atom. The molecule has 0 aliphatic carbocycles. The molecule has 28 heavy (non-hydrogen) atoms. The number of nitrogens with two attached hydrogens (primary N) is 1. The van der Waals surface area contributed by atoms with E-state index in [1.165, 1.54) is 0 Å². The number of fused-ring (bicyclic) bond motifs is 3. The zero-order valence-corrected chi connectivity index (χ0v) is 15.5. The number of nitrogens with zero attached hydrogens (tertiary/aromatic N) is 4. The van der Waals surface area contributed by atoms with Gasteiger partial charge in [0.05, 0.1) is 11.4 Å². The summed E-state index contributed by atoms with van der Waals surface area (Å²) < 4.78 is 1.99. The van der Waals surface area contributed by atoms with E-state index in [2.05, 4.69) is 52.9 Å². The van der Waals surface area contributed by atoms with Gasteiger partial charge in [0, 0.05) is 41.7 Å². The summed E-state index contributed by atoms with van der Waals surface area (Å²) in [6.45, 7) is 4.29. The molecule has 0 fully saturated rings. The van der Waals surface area contributed by atoms with E-state index < -0.39 is 0 Å². The van der Waals surface area contributed by atoms with E-state index >= 15 is 0 Å². The van der Waals surface area contributed by atoms with Crippen molar-refractivity contribution in [2.75, 3.05) is 17.7 Å². The van der Waals surface area contributed by atoms with Crippen LogP contribution in [-0.2, 0) is 0 Å². The third-order valence-electron chi connectivity index (χ3n) is 5.17. The summed E-state index contributed by atoms with van der Waals surface area (Å²) in [5.41, 5.74) is 12.8. The fraction of sp³-hybridized carbons (Fsp3) is 0.0435. The highest BCUT2D eigenvalue weighted by Gasteiger charge is 2.25. The van der Waals surface area contributed by atoms with Gasteiger partial charge in [0.2, 0.25) is 0 Å². The van der Waals surface area contributed by atoms with Gasteiger partial charge < -0.3 is 10.6 Å². The molecule has 5 heteroatoms. The van der Waals surface area contributed by atoms with Gasteiger partial charge in [-0.25, -0.2) is 9.67 Å². The highest BCUT2D eigenvalue weighted by Crippen LogP contribution is 2.39. The van der Waals surface area contributed by atoms with Crippen molar-refractivity contribution < 1.29 is 0 Å².